The van der Waals surface area contributed by atoms with Crippen molar-refractivity contribution >= 4 is 0 Å². The highest BCUT2D eigenvalue weighted by atomic mass is 16.5. The van der Waals surface area contributed by atoms with Gasteiger partial charge in [0.2, 0.25) is 0 Å². The molecular weight excluding hydrogens is 176 g/mol. The summed E-state index contributed by atoms with van der Waals surface area (Å²) < 4.78 is 5.65. The normalized spacial score (nSPS) is 17.8. The lowest BCUT2D eigenvalue weighted by atomic mass is 10.1. The zero-order valence-corrected chi connectivity index (χ0v) is 10.1. The van der Waals surface area contributed by atoms with E-state index in [9.17, 15) is 0 Å². The molecule has 3 unspecified atom stereocenters. The molecule has 1 N–H and O–H groups in total. The van der Waals surface area contributed by atoms with Gasteiger partial charge >= 0.3 is 0 Å². The van der Waals surface area contributed by atoms with Crippen molar-refractivity contribution in [3.63, 3.8) is 0 Å². The average molecular weight is 202 g/mol. The third kappa shape index (κ3) is 8.52. The minimum Gasteiger partial charge on any atom is -0.393 e. The molecule has 0 fully saturated rings. The van der Waals surface area contributed by atoms with Gasteiger partial charge in [-0.3, -0.25) is 0 Å². The molecule has 0 bridgehead atoms. The Hall–Kier alpha value is -0.0800. The van der Waals surface area contributed by atoms with Gasteiger partial charge in [-0.15, -0.1) is 0 Å². The lowest BCUT2D eigenvalue weighted by Crippen LogP contribution is -2.13. The molecule has 0 spiro atoms. The van der Waals surface area contributed by atoms with Crippen molar-refractivity contribution in [3.05, 3.63) is 0 Å². The van der Waals surface area contributed by atoms with Gasteiger partial charge in [0, 0.05) is 6.61 Å². The molecule has 0 aromatic rings. The first-order valence-electron chi connectivity index (χ1n) is 5.85. The molecule has 0 saturated heterocycles. The van der Waals surface area contributed by atoms with E-state index >= 15 is 0 Å². The highest BCUT2D eigenvalue weighted by molar-refractivity contribution is 4.56. The Balaban J connectivity index is 3.30. The molecule has 0 aliphatic heterocycles. The number of rotatable bonds is 8. The highest BCUT2D eigenvalue weighted by Gasteiger charge is 2.05. The molecule has 14 heavy (non-hydrogen) atoms. The van der Waals surface area contributed by atoms with Crippen molar-refractivity contribution < 1.29 is 9.84 Å². The van der Waals surface area contributed by atoms with E-state index in [4.69, 9.17) is 9.84 Å². The first kappa shape index (κ1) is 13.9. The molecule has 0 heterocycles. The van der Waals surface area contributed by atoms with E-state index in [0.29, 0.717) is 0 Å². The van der Waals surface area contributed by atoms with Crippen molar-refractivity contribution in [1.29, 1.82) is 0 Å². The third-order valence-corrected chi connectivity index (χ3v) is 2.70. The van der Waals surface area contributed by atoms with E-state index in [0.717, 1.165) is 31.8 Å². The summed E-state index contributed by atoms with van der Waals surface area (Å²) >= 11 is 0. The second-order valence-electron chi connectivity index (χ2n) is 4.41. The maximum Gasteiger partial charge on any atom is 0.0547 e. The Bertz CT molecular complexity index is 123. The summed E-state index contributed by atoms with van der Waals surface area (Å²) in [5.74, 6) is 0.763. The Labute approximate surface area is 88.7 Å². The molecule has 0 rings (SSSR count). The predicted molar refractivity (Wildman–Crippen MR) is 60.4 cm³/mol. The molecule has 0 aromatic carbocycles. The van der Waals surface area contributed by atoms with Crippen LogP contribution in [0.15, 0.2) is 0 Å². The Morgan fingerprint density at radius 2 is 1.71 bits per heavy atom. The van der Waals surface area contributed by atoms with Gasteiger partial charge in [0.05, 0.1) is 12.2 Å². The monoisotopic (exact) mass is 202 g/mol. The van der Waals surface area contributed by atoms with E-state index in [2.05, 4.69) is 20.8 Å². The van der Waals surface area contributed by atoms with Crippen LogP contribution in [0.1, 0.15) is 53.4 Å². The van der Waals surface area contributed by atoms with Crippen molar-refractivity contribution in [2.45, 2.75) is 65.6 Å². The quantitative estimate of drug-likeness (QED) is 0.655. The minimum absolute atomic E-state index is 0.199. The Kier molecular flexibility index (Phi) is 8.20. The van der Waals surface area contributed by atoms with E-state index < -0.39 is 0 Å². The van der Waals surface area contributed by atoms with E-state index in [-0.39, 0.29) is 12.2 Å². The van der Waals surface area contributed by atoms with E-state index in [1.807, 2.05) is 6.92 Å². The fourth-order valence-electron chi connectivity index (χ4n) is 1.23. The van der Waals surface area contributed by atoms with Crippen LogP contribution in [0.2, 0.25) is 0 Å². The number of ether oxygens (including phenoxy) is 1. The van der Waals surface area contributed by atoms with Gasteiger partial charge in [-0.2, -0.15) is 0 Å². The molecule has 2 nitrogen and oxygen atoms in total. The van der Waals surface area contributed by atoms with Crippen LogP contribution in [0.25, 0.3) is 0 Å². The van der Waals surface area contributed by atoms with Crippen molar-refractivity contribution in [1.82, 2.24) is 0 Å². The molecule has 0 saturated carbocycles. The molecule has 0 radical (unpaired) electrons. The maximum atomic E-state index is 9.10. The average Bonchev–Trinajstić information content (AvgIpc) is 2.14. The van der Waals surface area contributed by atoms with Crippen molar-refractivity contribution in [3.8, 4) is 0 Å². The predicted octanol–water partition coefficient (Wildman–Crippen LogP) is 2.99. The lowest BCUT2D eigenvalue weighted by molar-refractivity contribution is 0.0415. The summed E-state index contributed by atoms with van der Waals surface area (Å²) in [7, 11) is 0. The number of aliphatic hydroxyl groups excluding tert-OH is 1. The molecule has 86 valence electrons. The first-order valence-corrected chi connectivity index (χ1v) is 5.85. The van der Waals surface area contributed by atoms with Gasteiger partial charge < -0.3 is 9.84 Å². The molecule has 3 atom stereocenters. The van der Waals surface area contributed by atoms with Gasteiger partial charge in [-0.1, -0.05) is 20.3 Å². The lowest BCUT2D eigenvalue weighted by Gasteiger charge is -2.15. The van der Waals surface area contributed by atoms with Crippen LogP contribution in [-0.4, -0.2) is 23.9 Å². The molecule has 0 aliphatic carbocycles. The third-order valence-electron chi connectivity index (χ3n) is 2.70. The summed E-state index contributed by atoms with van der Waals surface area (Å²) in [5, 5.41) is 9.10. The summed E-state index contributed by atoms with van der Waals surface area (Å²) in [4.78, 5) is 0. The number of hydrogen-bond acceptors (Lipinski definition) is 2. The molecule has 2 heteroatoms. The molecule has 0 aromatic heterocycles. The Morgan fingerprint density at radius 3 is 2.21 bits per heavy atom. The maximum absolute atomic E-state index is 9.10. The second-order valence-corrected chi connectivity index (χ2v) is 4.41. The minimum atomic E-state index is -0.199. The molecule has 0 aliphatic rings. The van der Waals surface area contributed by atoms with Crippen molar-refractivity contribution in [2.75, 3.05) is 6.61 Å². The Morgan fingerprint density at radius 1 is 1.07 bits per heavy atom. The zero-order chi connectivity index (χ0) is 11.0. The summed E-state index contributed by atoms with van der Waals surface area (Å²) in [6, 6.07) is 0. The van der Waals surface area contributed by atoms with Crippen LogP contribution >= 0.6 is 0 Å². The van der Waals surface area contributed by atoms with Crippen LogP contribution in [0, 0.1) is 5.92 Å². The number of aliphatic hydroxyl groups is 1. The largest absolute Gasteiger partial charge is 0.393 e. The highest BCUT2D eigenvalue weighted by Crippen LogP contribution is 2.09. The standard InChI is InChI=1S/C12H26O2/c1-5-10(2)8-9-14-12(4)7-6-11(3)13/h10-13H,5-9H2,1-4H3. The van der Waals surface area contributed by atoms with Crippen LogP contribution in [0.5, 0.6) is 0 Å². The fourth-order valence-corrected chi connectivity index (χ4v) is 1.23. The smallest absolute Gasteiger partial charge is 0.0547 e. The van der Waals surface area contributed by atoms with Gasteiger partial charge in [0.1, 0.15) is 0 Å². The van der Waals surface area contributed by atoms with Crippen LogP contribution in [0.3, 0.4) is 0 Å². The summed E-state index contributed by atoms with van der Waals surface area (Å²) in [6.45, 7) is 9.23. The fraction of sp³-hybridized carbons (Fsp3) is 1.00. The van der Waals surface area contributed by atoms with Gasteiger partial charge in [-0.05, 0) is 39.0 Å². The SMILES string of the molecule is CCC(C)CCOC(C)CCC(C)O. The first-order chi connectivity index (χ1) is 6.56. The van der Waals surface area contributed by atoms with Crippen molar-refractivity contribution in [2.24, 2.45) is 5.92 Å². The van der Waals surface area contributed by atoms with E-state index in [1.165, 1.54) is 6.42 Å². The van der Waals surface area contributed by atoms with Crippen LogP contribution in [-0.2, 0) is 4.74 Å². The summed E-state index contributed by atoms with van der Waals surface area (Å²) in [5.41, 5.74) is 0. The van der Waals surface area contributed by atoms with Gasteiger partial charge in [0.25, 0.3) is 0 Å². The summed E-state index contributed by atoms with van der Waals surface area (Å²) in [6.07, 6.45) is 4.26. The molecular formula is C12H26O2. The van der Waals surface area contributed by atoms with Gasteiger partial charge in [-0.25, -0.2) is 0 Å². The van der Waals surface area contributed by atoms with Gasteiger partial charge in [0.15, 0.2) is 0 Å². The zero-order valence-electron chi connectivity index (χ0n) is 10.1. The molecule has 0 amide bonds. The second kappa shape index (κ2) is 8.25. The van der Waals surface area contributed by atoms with Crippen LogP contribution in [0.4, 0.5) is 0 Å². The topological polar surface area (TPSA) is 29.5 Å². The number of hydrogen-bond donors (Lipinski definition) is 1. The van der Waals surface area contributed by atoms with Crippen LogP contribution < -0.4 is 0 Å². The van der Waals surface area contributed by atoms with E-state index in [1.54, 1.807) is 0 Å².